The van der Waals surface area contributed by atoms with Gasteiger partial charge >= 0.3 is 5.97 Å². The van der Waals surface area contributed by atoms with Crippen LogP contribution < -0.4 is 0 Å². The van der Waals surface area contributed by atoms with Crippen LogP contribution in [0, 0.1) is 17.8 Å². The normalized spacial score (nSPS) is 32.8. The Morgan fingerprint density at radius 3 is 2.11 bits per heavy atom. The summed E-state index contributed by atoms with van der Waals surface area (Å²) in [5.41, 5.74) is 0. The molecule has 5 heteroatoms. The van der Waals surface area contributed by atoms with Gasteiger partial charge in [0.25, 0.3) is 0 Å². The summed E-state index contributed by atoms with van der Waals surface area (Å²) in [4.78, 5) is 36.5. The summed E-state index contributed by atoms with van der Waals surface area (Å²) in [6, 6.07) is -0.990. The first-order chi connectivity index (χ1) is 8.51. The van der Waals surface area contributed by atoms with Crippen molar-refractivity contribution in [2.45, 2.75) is 45.6 Å². The summed E-state index contributed by atoms with van der Waals surface area (Å²) in [6.45, 7) is 3.74. The highest BCUT2D eigenvalue weighted by Gasteiger charge is 2.54. The molecule has 18 heavy (non-hydrogen) atoms. The molecule has 3 unspecified atom stereocenters. The van der Waals surface area contributed by atoms with Gasteiger partial charge in [-0.1, -0.05) is 20.3 Å². The number of amides is 2. The number of carbonyl (C=O) groups is 3. The standard InChI is InChI=1S/C13H19NO4/c1-3-7-5-8-9(6-7)12(16)14(11(8)15)10(4-2)13(17)18/h7-10H,3-6H2,1-2H3,(H,17,18). The van der Waals surface area contributed by atoms with Gasteiger partial charge in [-0.3, -0.25) is 14.5 Å². The maximum absolute atomic E-state index is 12.2. The van der Waals surface area contributed by atoms with Gasteiger partial charge in [0.15, 0.2) is 0 Å². The van der Waals surface area contributed by atoms with Gasteiger partial charge in [0, 0.05) is 0 Å². The minimum Gasteiger partial charge on any atom is -0.480 e. The molecule has 3 atom stereocenters. The SMILES string of the molecule is CCC1CC2C(=O)N(C(CC)C(=O)O)C(=O)C2C1. The van der Waals surface area contributed by atoms with Crippen LogP contribution >= 0.6 is 0 Å². The smallest absolute Gasteiger partial charge is 0.326 e. The number of imide groups is 1. The summed E-state index contributed by atoms with van der Waals surface area (Å²) in [7, 11) is 0. The van der Waals surface area contributed by atoms with Crippen LogP contribution in [-0.4, -0.2) is 33.8 Å². The zero-order valence-corrected chi connectivity index (χ0v) is 10.8. The van der Waals surface area contributed by atoms with Crippen molar-refractivity contribution in [2.75, 3.05) is 0 Å². The molecule has 1 saturated heterocycles. The largest absolute Gasteiger partial charge is 0.480 e. The van der Waals surface area contributed by atoms with E-state index in [2.05, 4.69) is 6.92 Å². The Morgan fingerprint density at radius 2 is 1.78 bits per heavy atom. The fourth-order valence-corrected chi connectivity index (χ4v) is 3.26. The van der Waals surface area contributed by atoms with Crippen LogP contribution in [0.3, 0.4) is 0 Å². The van der Waals surface area contributed by atoms with Crippen LogP contribution in [0.5, 0.6) is 0 Å². The predicted octanol–water partition coefficient (Wildman–Crippen LogP) is 1.27. The molecule has 2 aliphatic rings. The number of carbonyl (C=O) groups excluding carboxylic acids is 2. The summed E-state index contributed by atoms with van der Waals surface area (Å²) in [5.74, 6) is -1.73. The number of carboxylic acids is 1. The number of hydrogen-bond acceptors (Lipinski definition) is 3. The Balaban J connectivity index is 2.21. The van der Waals surface area contributed by atoms with Crippen molar-refractivity contribution >= 4 is 17.8 Å². The zero-order chi connectivity index (χ0) is 13.4. The van der Waals surface area contributed by atoms with Crippen molar-refractivity contribution in [2.24, 2.45) is 17.8 Å². The molecule has 0 aromatic carbocycles. The van der Waals surface area contributed by atoms with Crippen LogP contribution in [-0.2, 0) is 14.4 Å². The van der Waals surface area contributed by atoms with Crippen LogP contribution in [0.1, 0.15) is 39.5 Å². The molecular weight excluding hydrogens is 234 g/mol. The molecule has 0 aromatic heterocycles. The van der Waals surface area contributed by atoms with E-state index < -0.39 is 12.0 Å². The van der Waals surface area contributed by atoms with E-state index in [-0.39, 0.29) is 30.1 Å². The maximum atomic E-state index is 12.2. The van der Waals surface area contributed by atoms with Crippen LogP contribution in [0.2, 0.25) is 0 Å². The van der Waals surface area contributed by atoms with Crippen molar-refractivity contribution in [3.8, 4) is 0 Å². The van der Waals surface area contributed by atoms with E-state index in [9.17, 15) is 14.4 Å². The van der Waals surface area contributed by atoms with Gasteiger partial charge in [-0.15, -0.1) is 0 Å². The third-order valence-corrected chi connectivity index (χ3v) is 4.33. The predicted molar refractivity (Wildman–Crippen MR) is 63.6 cm³/mol. The van der Waals surface area contributed by atoms with Gasteiger partial charge in [0.2, 0.25) is 11.8 Å². The van der Waals surface area contributed by atoms with Gasteiger partial charge in [0.1, 0.15) is 6.04 Å². The van der Waals surface area contributed by atoms with Crippen molar-refractivity contribution in [1.29, 1.82) is 0 Å². The zero-order valence-electron chi connectivity index (χ0n) is 10.8. The summed E-state index contributed by atoms with van der Waals surface area (Å²) in [5, 5.41) is 9.08. The molecule has 1 aliphatic heterocycles. The molecule has 0 spiro atoms. The molecule has 0 radical (unpaired) electrons. The van der Waals surface area contributed by atoms with E-state index in [0.717, 1.165) is 24.2 Å². The maximum Gasteiger partial charge on any atom is 0.326 e. The monoisotopic (exact) mass is 253 g/mol. The lowest BCUT2D eigenvalue weighted by Gasteiger charge is -2.23. The molecule has 0 bridgehead atoms. The third kappa shape index (κ3) is 1.82. The third-order valence-electron chi connectivity index (χ3n) is 4.33. The number of nitrogens with zero attached hydrogens (tertiary/aromatic N) is 1. The fraction of sp³-hybridized carbons (Fsp3) is 0.769. The molecule has 1 heterocycles. The van der Waals surface area contributed by atoms with Crippen LogP contribution in [0.15, 0.2) is 0 Å². The first kappa shape index (κ1) is 13.1. The lowest BCUT2D eigenvalue weighted by Crippen LogP contribution is -2.45. The van der Waals surface area contributed by atoms with Crippen molar-refractivity contribution in [3.63, 3.8) is 0 Å². The first-order valence-electron chi connectivity index (χ1n) is 6.60. The minimum atomic E-state index is -1.09. The molecule has 1 aliphatic carbocycles. The lowest BCUT2D eigenvalue weighted by molar-refractivity contribution is -0.155. The van der Waals surface area contributed by atoms with Gasteiger partial charge in [-0.2, -0.15) is 0 Å². The van der Waals surface area contributed by atoms with Gasteiger partial charge in [-0.25, -0.2) is 4.79 Å². The van der Waals surface area contributed by atoms with E-state index in [1.807, 2.05) is 0 Å². The highest BCUT2D eigenvalue weighted by molar-refractivity contribution is 6.08. The quantitative estimate of drug-likeness (QED) is 0.766. The topological polar surface area (TPSA) is 74.7 Å². The van der Waals surface area contributed by atoms with Gasteiger partial charge in [-0.05, 0) is 25.2 Å². The Bertz CT molecular complexity index is 368. The van der Waals surface area contributed by atoms with E-state index >= 15 is 0 Å². The van der Waals surface area contributed by atoms with Gasteiger partial charge in [0.05, 0.1) is 11.8 Å². The molecular formula is C13H19NO4. The molecule has 2 rings (SSSR count). The summed E-state index contributed by atoms with van der Waals surface area (Å²) < 4.78 is 0. The minimum absolute atomic E-state index is 0.267. The van der Waals surface area contributed by atoms with Crippen LogP contribution in [0.4, 0.5) is 0 Å². The van der Waals surface area contributed by atoms with Crippen LogP contribution in [0.25, 0.3) is 0 Å². The lowest BCUT2D eigenvalue weighted by atomic mass is 10.00. The summed E-state index contributed by atoms with van der Waals surface area (Å²) >= 11 is 0. The number of likely N-dealkylation sites (tertiary alicyclic amines) is 1. The first-order valence-corrected chi connectivity index (χ1v) is 6.60. The van der Waals surface area contributed by atoms with Gasteiger partial charge < -0.3 is 5.11 Å². The second kappa shape index (κ2) is 4.71. The summed E-state index contributed by atoms with van der Waals surface area (Å²) in [6.07, 6.45) is 2.71. The highest BCUT2D eigenvalue weighted by atomic mass is 16.4. The van der Waals surface area contributed by atoms with Crippen molar-refractivity contribution in [1.82, 2.24) is 4.90 Å². The second-order valence-corrected chi connectivity index (χ2v) is 5.27. The van der Waals surface area contributed by atoms with Crippen molar-refractivity contribution in [3.05, 3.63) is 0 Å². The average molecular weight is 253 g/mol. The van der Waals surface area contributed by atoms with E-state index in [4.69, 9.17) is 5.11 Å². The van der Waals surface area contributed by atoms with E-state index in [1.54, 1.807) is 6.92 Å². The number of fused-ring (bicyclic) bond motifs is 1. The Morgan fingerprint density at radius 1 is 1.28 bits per heavy atom. The second-order valence-electron chi connectivity index (χ2n) is 5.27. The Kier molecular flexibility index (Phi) is 3.41. The van der Waals surface area contributed by atoms with E-state index in [1.165, 1.54) is 0 Å². The molecule has 1 N–H and O–H groups in total. The molecule has 2 amide bonds. The fourth-order valence-electron chi connectivity index (χ4n) is 3.26. The number of aliphatic carboxylic acids is 1. The Hall–Kier alpha value is -1.39. The number of carboxylic acid groups (broad SMARTS) is 1. The molecule has 2 fully saturated rings. The van der Waals surface area contributed by atoms with Crippen molar-refractivity contribution < 1.29 is 19.5 Å². The number of hydrogen-bond donors (Lipinski definition) is 1. The molecule has 1 saturated carbocycles. The Labute approximate surface area is 106 Å². The molecule has 5 nitrogen and oxygen atoms in total. The molecule has 100 valence electrons. The number of rotatable bonds is 4. The average Bonchev–Trinajstić information content (AvgIpc) is 2.85. The highest BCUT2D eigenvalue weighted by Crippen LogP contribution is 2.45. The van der Waals surface area contributed by atoms with E-state index in [0.29, 0.717) is 5.92 Å². The molecule has 0 aromatic rings.